The lowest BCUT2D eigenvalue weighted by Gasteiger charge is -2.12. The van der Waals surface area contributed by atoms with Crippen molar-refractivity contribution in [2.24, 2.45) is 5.10 Å². The first-order valence-corrected chi connectivity index (χ1v) is 12.6. The third kappa shape index (κ3) is 5.60. The van der Waals surface area contributed by atoms with Crippen molar-refractivity contribution in [2.45, 2.75) is 13.8 Å². The molecular formula is C26H20Br2N4O6. The summed E-state index contributed by atoms with van der Waals surface area (Å²) in [5.74, 6) is -2.53. The van der Waals surface area contributed by atoms with E-state index in [-0.39, 0.29) is 17.7 Å². The van der Waals surface area contributed by atoms with Gasteiger partial charge in [-0.1, -0.05) is 22.0 Å². The number of hydrogen-bond acceptors (Lipinski definition) is 6. The number of fused-ring (bicyclic) bond motifs is 1. The molecule has 0 saturated heterocycles. The van der Waals surface area contributed by atoms with Crippen LogP contribution in [0, 0.1) is 13.8 Å². The first-order valence-electron chi connectivity index (χ1n) is 11.0. The third-order valence-electron chi connectivity index (χ3n) is 5.63. The van der Waals surface area contributed by atoms with E-state index in [1.165, 1.54) is 18.3 Å². The zero-order chi connectivity index (χ0) is 27.6. The minimum Gasteiger partial charge on any atom is -0.480 e. The van der Waals surface area contributed by atoms with E-state index in [9.17, 15) is 24.6 Å². The Morgan fingerprint density at radius 3 is 2.39 bits per heavy atom. The number of halogens is 2. The Morgan fingerprint density at radius 2 is 1.74 bits per heavy atom. The van der Waals surface area contributed by atoms with E-state index < -0.39 is 17.8 Å². The van der Waals surface area contributed by atoms with Crippen LogP contribution in [0.5, 0.6) is 5.75 Å². The second-order valence-electron chi connectivity index (χ2n) is 8.19. The maximum Gasteiger partial charge on any atom is 0.335 e. The lowest BCUT2D eigenvalue weighted by atomic mass is 10.1. The van der Waals surface area contributed by atoms with Crippen LogP contribution < -0.4 is 10.2 Å². The number of hydrogen-bond donors (Lipinski definition) is 3. The van der Waals surface area contributed by atoms with Gasteiger partial charge >= 0.3 is 11.9 Å². The molecule has 38 heavy (non-hydrogen) atoms. The van der Waals surface area contributed by atoms with Crippen LogP contribution in [-0.4, -0.2) is 50.4 Å². The zero-order valence-corrected chi connectivity index (χ0v) is 23.2. The monoisotopic (exact) mass is 642 g/mol. The summed E-state index contributed by atoms with van der Waals surface area (Å²) in [4.78, 5) is 39.7. The van der Waals surface area contributed by atoms with E-state index >= 15 is 0 Å². The first kappa shape index (κ1) is 27.0. The van der Waals surface area contributed by atoms with Crippen LogP contribution in [0.1, 0.15) is 37.7 Å². The number of aromatic nitrogens is 2. The number of amides is 1. The van der Waals surface area contributed by atoms with Gasteiger partial charge in [-0.2, -0.15) is 5.10 Å². The molecule has 0 fully saturated rings. The number of hydrazone groups is 1. The number of carboxylic acids is 2. The number of ether oxygens (including phenoxy) is 1. The van der Waals surface area contributed by atoms with Crippen LogP contribution in [0.15, 0.2) is 62.7 Å². The van der Waals surface area contributed by atoms with Gasteiger partial charge in [0, 0.05) is 38.7 Å². The quantitative estimate of drug-likeness (QED) is 0.179. The number of rotatable bonds is 8. The molecule has 2 aromatic heterocycles. The van der Waals surface area contributed by atoms with Gasteiger partial charge in [-0.25, -0.2) is 15.0 Å². The molecule has 4 aromatic rings. The minimum absolute atomic E-state index is 0.143. The molecule has 0 saturated carbocycles. The highest BCUT2D eigenvalue weighted by Gasteiger charge is 2.16. The summed E-state index contributed by atoms with van der Waals surface area (Å²) >= 11 is 6.93. The van der Waals surface area contributed by atoms with Gasteiger partial charge in [0.15, 0.2) is 12.4 Å². The maximum absolute atomic E-state index is 12.4. The van der Waals surface area contributed by atoms with Crippen molar-refractivity contribution in [3.63, 3.8) is 0 Å². The molecule has 4 rings (SSSR count). The van der Waals surface area contributed by atoms with E-state index in [2.05, 4.69) is 47.4 Å². The average Bonchev–Trinajstić information content (AvgIpc) is 3.16. The Hall–Kier alpha value is -4.03. The maximum atomic E-state index is 12.4. The fraction of sp³-hybridized carbons (Fsp3) is 0.115. The Balaban J connectivity index is 1.50. The summed E-state index contributed by atoms with van der Waals surface area (Å²) in [6.45, 7) is 3.26. The average molecular weight is 644 g/mol. The molecule has 3 N–H and O–H groups in total. The zero-order valence-electron chi connectivity index (χ0n) is 20.0. The van der Waals surface area contributed by atoms with Gasteiger partial charge in [0.05, 0.1) is 21.8 Å². The second-order valence-corrected chi connectivity index (χ2v) is 9.90. The SMILES string of the molecule is Cc1cc(/C=N/NC(=O)COc2c(Br)cc(Br)c3cccnc23)c(C)n1-c1cc(C(=O)O)cc(C(=O)O)c1. The second kappa shape index (κ2) is 11.2. The Bertz CT molecular complexity index is 1600. The van der Waals surface area contributed by atoms with E-state index in [1.54, 1.807) is 36.7 Å². The normalized spacial score (nSPS) is 11.2. The summed E-state index contributed by atoms with van der Waals surface area (Å²) in [7, 11) is 0. The molecule has 0 unspecified atom stereocenters. The molecule has 194 valence electrons. The number of nitrogens with zero attached hydrogens (tertiary/aromatic N) is 3. The number of carbonyl (C=O) groups is 3. The van der Waals surface area contributed by atoms with E-state index in [1.807, 2.05) is 12.1 Å². The molecule has 1 amide bonds. The summed E-state index contributed by atoms with van der Waals surface area (Å²) in [5, 5.41) is 23.6. The summed E-state index contributed by atoms with van der Waals surface area (Å²) in [5.41, 5.74) is 5.15. The van der Waals surface area contributed by atoms with Crippen molar-refractivity contribution in [3.05, 3.63) is 85.7 Å². The van der Waals surface area contributed by atoms with Gasteiger partial charge < -0.3 is 19.5 Å². The Labute approximate surface area is 233 Å². The Morgan fingerprint density at radius 1 is 1.05 bits per heavy atom. The highest BCUT2D eigenvalue weighted by Crippen LogP contribution is 2.37. The number of aryl methyl sites for hydroxylation is 1. The van der Waals surface area contributed by atoms with Crippen molar-refractivity contribution in [2.75, 3.05) is 6.61 Å². The molecule has 2 heterocycles. The molecule has 0 aliphatic heterocycles. The van der Waals surface area contributed by atoms with Crippen LogP contribution in [0.4, 0.5) is 0 Å². The van der Waals surface area contributed by atoms with E-state index in [4.69, 9.17) is 4.74 Å². The topological polar surface area (TPSA) is 143 Å². The summed E-state index contributed by atoms with van der Waals surface area (Å²) in [6, 6.07) is 11.2. The number of nitrogens with one attached hydrogen (secondary N) is 1. The highest BCUT2D eigenvalue weighted by atomic mass is 79.9. The van der Waals surface area contributed by atoms with Gasteiger partial charge in [0.1, 0.15) is 5.52 Å². The van der Waals surface area contributed by atoms with Crippen LogP contribution in [0.2, 0.25) is 0 Å². The molecule has 0 spiro atoms. The van der Waals surface area contributed by atoms with Gasteiger partial charge in [-0.05, 0) is 66.2 Å². The molecule has 10 nitrogen and oxygen atoms in total. The lowest BCUT2D eigenvalue weighted by molar-refractivity contribution is -0.123. The standard InChI is InChI=1S/C26H20Br2N4O6/c1-13-6-17(14(2)32(13)18-8-15(25(34)35)7-16(9-18)26(36)37)11-30-31-22(33)12-38-24-21(28)10-20(27)19-4-3-5-29-23(19)24/h3-11H,12H2,1-2H3,(H,31,33)(H,34,35)(H,36,37)/b30-11+. The first-order chi connectivity index (χ1) is 18.1. The number of pyridine rings is 1. The van der Waals surface area contributed by atoms with Crippen LogP contribution >= 0.6 is 31.9 Å². The molecule has 0 aliphatic carbocycles. The van der Waals surface area contributed by atoms with E-state index in [0.29, 0.717) is 32.7 Å². The number of benzene rings is 2. The summed E-state index contributed by atoms with van der Waals surface area (Å²) < 4.78 is 8.91. The van der Waals surface area contributed by atoms with Crippen molar-refractivity contribution in [1.29, 1.82) is 0 Å². The fourth-order valence-electron chi connectivity index (χ4n) is 3.93. The molecule has 2 aromatic carbocycles. The predicted molar refractivity (Wildman–Crippen MR) is 148 cm³/mol. The fourth-order valence-corrected chi connectivity index (χ4v) is 5.32. The number of carbonyl (C=O) groups excluding carboxylic acids is 1. The molecule has 0 aliphatic rings. The number of aromatic carboxylic acids is 2. The van der Waals surface area contributed by atoms with Crippen molar-refractivity contribution in [3.8, 4) is 11.4 Å². The van der Waals surface area contributed by atoms with Gasteiger partial charge in [0.2, 0.25) is 0 Å². The predicted octanol–water partition coefficient (Wildman–Crippen LogP) is 5.09. The smallest absolute Gasteiger partial charge is 0.335 e. The van der Waals surface area contributed by atoms with Crippen molar-refractivity contribution in [1.82, 2.24) is 15.0 Å². The molecule has 0 radical (unpaired) electrons. The van der Waals surface area contributed by atoms with E-state index in [0.717, 1.165) is 21.6 Å². The van der Waals surface area contributed by atoms with Crippen LogP contribution in [0.25, 0.3) is 16.6 Å². The molecular weight excluding hydrogens is 624 g/mol. The van der Waals surface area contributed by atoms with Crippen LogP contribution in [0.3, 0.4) is 0 Å². The number of carboxylic acid groups (broad SMARTS) is 2. The van der Waals surface area contributed by atoms with Gasteiger partial charge in [-0.3, -0.25) is 9.78 Å². The van der Waals surface area contributed by atoms with Crippen molar-refractivity contribution < 1.29 is 29.3 Å². The molecule has 0 bridgehead atoms. The van der Waals surface area contributed by atoms with Crippen LogP contribution in [-0.2, 0) is 4.79 Å². The van der Waals surface area contributed by atoms with Gasteiger partial charge in [-0.15, -0.1) is 0 Å². The lowest BCUT2D eigenvalue weighted by Crippen LogP contribution is -2.24. The molecule has 0 atom stereocenters. The minimum atomic E-state index is -1.23. The Kier molecular flexibility index (Phi) is 7.93. The van der Waals surface area contributed by atoms with Gasteiger partial charge in [0.25, 0.3) is 5.91 Å². The molecule has 12 heteroatoms. The van der Waals surface area contributed by atoms with Crippen molar-refractivity contribution >= 4 is 66.8 Å². The summed E-state index contributed by atoms with van der Waals surface area (Å²) in [6.07, 6.45) is 3.08. The highest BCUT2D eigenvalue weighted by molar-refractivity contribution is 9.11. The third-order valence-corrected chi connectivity index (χ3v) is 6.88. The largest absolute Gasteiger partial charge is 0.480 e.